The largest absolute Gasteiger partial charge is 0.475 e. The van der Waals surface area contributed by atoms with Gasteiger partial charge in [-0.2, -0.15) is 0 Å². The monoisotopic (exact) mass is 548 g/mol. The van der Waals surface area contributed by atoms with Crippen LogP contribution in [0, 0.1) is 0 Å². The molecule has 2 fully saturated rings. The first-order chi connectivity index (χ1) is 17.0. The van der Waals surface area contributed by atoms with Gasteiger partial charge in [0.2, 0.25) is 0 Å². The van der Waals surface area contributed by atoms with Crippen molar-refractivity contribution < 1.29 is 41.9 Å². The second-order valence-electron chi connectivity index (χ2n) is 8.28. The fraction of sp³-hybridized carbons (Fsp3) is 0.476. The van der Waals surface area contributed by atoms with Crippen molar-refractivity contribution in [1.82, 2.24) is 9.55 Å². The summed E-state index contributed by atoms with van der Waals surface area (Å²) in [5.41, 5.74) is -3.57. The molecule has 2 aliphatic heterocycles. The van der Waals surface area contributed by atoms with E-state index in [0.717, 1.165) is 23.8 Å². The van der Waals surface area contributed by atoms with Crippen LogP contribution < -0.4 is 11.2 Å². The second kappa shape index (κ2) is 10.5. The second-order valence-corrected chi connectivity index (χ2v) is 10.3. The highest BCUT2D eigenvalue weighted by Crippen LogP contribution is 2.57. The molecule has 2 N–H and O–H groups in total. The molecule has 0 bridgehead atoms. The van der Waals surface area contributed by atoms with E-state index in [1.165, 1.54) is 0 Å². The summed E-state index contributed by atoms with van der Waals surface area (Å²) in [6.45, 7) is -0.638. The fourth-order valence-electron chi connectivity index (χ4n) is 4.00. The number of phosphoric ester groups is 1. The van der Waals surface area contributed by atoms with Crippen LogP contribution in [0.25, 0.3) is 0 Å². The Kier molecular flexibility index (Phi) is 7.81. The Hall–Kier alpha value is -2.38. The number of aromatic amines is 1. The van der Waals surface area contributed by atoms with Crippen LogP contribution in [0.15, 0.2) is 46.1 Å². The number of hydrogen-bond acceptors (Lipinski definition) is 10. The van der Waals surface area contributed by atoms with Crippen LogP contribution >= 0.6 is 19.4 Å². The molecule has 6 atom stereocenters. The van der Waals surface area contributed by atoms with E-state index in [1.807, 2.05) is 4.98 Å². The van der Waals surface area contributed by atoms with E-state index in [-0.39, 0.29) is 6.61 Å². The molecule has 36 heavy (non-hydrogen) atoms. The third kappa shape index (κ3) is 5.62. The van der Waals surface area contributed by atoms with Crippen molar-refractivity contribution in [2.24, 2.45) is 0 Å². The van der Waals surface area contributed by atoms with E-state index in [1.54, 1.807) is 24.3 Å². The number of aromatic nitrogens is 2. The maximum absolute atomic E-state index is 15.9. The molecule has 2 aromatic rings. The van der Waals surface area contributed by atoms with Gasteiger partial charge in [0.25, 0.3) is 5.56 Å². The Morgan fingerprint density at radius 3 is 2.86 bits per heavy atom. The van der Waals surface area contributed by atoms with E-state index in [0.29, 0.717) is 17.0 Å². The fourth-order valence-corrected chi connectivity index (χ4v) is 5.59. The first kappa shape index (κ1) is 26.7. The summed E-state index contributed by atoms with van der Waals surface area (Å²) in [6.07, 6.45) is -4.03. The van der Waals surface area contributed by atoms with Crippen LogP contribution in [0.2, 0.25) is 5.02 Å². The van der Waals surface area contributed by atoms with E-state index in [9.17, 15) is 18.9 Å². The van der Waals surface area contributed by atoms with Gasteiger partial charge in [-0.3, -0.25) is 27.9 Å². The third-order valence-electron chi connectivity index (χ3n) is 5.68. The van der Waals surface area contributed by atoms with Crippen LogP contribution in [-0.2, 0) is 32.4 Å². The topological polar surface area (TPSA) is 155 Å². The van der Waals surface area contributed by atoms with Gasteiger partial charge in [0, 0.05) is 23.7 Å². The van der Waals surface area contributed by atoms with Gasteiger partial charge in [0.05, 0.1) is 19.3 Å². The van der Waals surface area contributed by atoms with Gasteiger partial charge in [0.15, 0.2) is 18.0 Å². The standard InChI is InChI=1S/C21H23ClFN2O10P/c1-21(23)18(34-17(28)10-26)15(33-19(21)25-7-5-16(27)24-20(25)29)11-32-36(30)31-8-6-14(35-36)12-3-2-4-13(22)9-12/h2-5,7,9,14-15,18-19,26H,6,8,10-11H2,1H3,(H,24,27,29)/t14?,15-,18-,19-,21-,36?/m1/s1. The molecule has 0 aliphatic carbocycles. The summed E-state index contributed by atoms with van der Waals surface area (Å²) in [5, 5.41) is 9.54. The van der Waals surface area contributed by atoms with Crippen LogP contribution in [0.1, 0.15) is 31.2 Å². The highest BCUT2D eigenvalue weighted by molar-refractivity contribution is 7.48. The molecule has 2 unspecified atom stereocenters. The number of hydrogen-bond donors (Lipinski definition) is 2. The lowest BCUT2D eigenvalue weighted by Gasteiger charge is -2.30. The summed E-state index contributed by atoms with van der Waals surface area (Å²) >= 11 is 6.02. The number of esters is 1. The average Bonchev–Trinajstić information content (AvgIpc) is 3.07. The summed E-state index contributed by atoms with van der Waals surface area (Å²) in [4.78, 5) is 37.4. The molecular weight excluding hydrogens is 526 g/mol. The minimum atomic E-state index is -4.17. The van der Waals surface area contributed by atoms with Crippen LogP contribution in [-0.4, -0.2) is 58.3 Å². The number of alkyl halides is 1. The normalized spacial score (nSPS) is 32.3. The van der Waals surface area contributed by atoms with Crippen molar-refractivity contribution in [1.29, 1.82) is 0 Å². The molecule has 196 valence electrons. The van der Waals surface area contributed by atoms with Gasteiger partial charge in [-0.15, -0.1) is 0 Å². The molecule has 2 saturated heterocycles. The molecule has 12 nitrogen and oxygen atoms in total. The summed E-state index contributed by atoms with van der Waals surface area (Å²) in [7, 11) is -4.17. The van der Waals surface area contributed by atoms with Crippen molar-refractivity contribution in [2.45, 2.75) is 43.6 Å². The van der Waals surface area contributed by atoms with Gasteiger partial charge < -0.3 is 14.6 Å². The number of rotatable bonds is 7. The van der Waals surface area contributed by atoms with Gasteiger partial charge in [-0.25, -0.2) is 18.5 Å². The smallest absolute Gasteiger partial charge is 0.454 e. The zero-order chi connectivity index (χ0) is 26.1. The number of benzene rings is 1. The Morgan fingerprint density at radius 1 is 1.39 bits per heavy atom. The number of halogens is 2. The summed E-state index contributed by atoms with van der Waals surface area (Å²) in [5.74, 6) is -1.16. The molecule has 2 aliphatic rings. The molecule has 0 amide bonds. The Balaban J connectivity index is 1.54. The number of aliphatic hydroxyl groups is 1. The van der Waals surface area contributed by atoms with E-state index in [2.05, 4.69) is 0 Å². The summed E-state index contributed by atoms with van der Waals surface area (Å²) < 4.78 is 56.7. The minimum absolute atomic E-state index is 0.0269. The maximum atomic E-state index is 15.9. The number of carbonyl (C=O) groups excluding carboxylic acids is 1. The van der Waals surface area contributed by atoms with Gasteiger partial charge in [-0.05, 0) is 24.6 Å². The lowest BCUT2D eigenvalue weighted by atomic mass is 9.98. The first-order valence-electron chi connectivity index (χ1n) is 10.8. The van der Waals surface area contributed by atoms with E-state index in [4.69, 9.17) is 39.8 Å². The molecule has 3 heterocycles. The predicted octanol–water partition coefficient (Wildman–Crippen LogP) is 2.02. The predicted molar refractivity (Wildman–Crippen MR) is 121 cm³/mol. The molecule has 15 heteroatoms. The van der Waals surface area contributed by atoms with Gasteiger partial charge in [0.1, 0.15) is 12.7 Å². The number of ether oxygens (including phenoxy) is 2. The van der Waals surface area contributed by atoms with Crippen molar-refractivity contribution in [3.8, 4) is 0 Å². The van der Waals surface area contributed by atoms with Gasteiger partial charge >= 0.3 is 19.5 Å². The van der Waals surface area contributed by atoms with Crippen molar-refractivity contribution >= 4 is 25.4 Å². The number of aliphatic hydroxyl groups excluding tert-OH is 1. The Labute approximate surface area is 208 Å². The molecular formula is C21H23ClFN2O10P. The van der Waals surface area contributed by atoms with Crippen LogP contribution in [0.4, 0.5) is 4.39 Å². The molecule has 0 saturated carbocycles. The SMILES string of the molecule is C[C@@]1(F)[C@H](OC(=O)CO)[C@@H](COP2(=O)OCCC(c3cccc(Cl)c3)O2)O[C@H]1n1ccc(=O)[nH]c1=O. The van der Waals surface area contributed by atoms with E-state index < -0.39 is 68.5 Å². The van der Waals surface area contributed by atoms with Crippen molar-refractivity contribution in [3.05, 3.63) is 68.0 Å². The molecule has 1 aromatic heterocycles. The first-order valence-corrected chi connectivity index (χ1v) is 12.7. The van der Waals surface area contributed by atoms with Crippen LogP contribution in [0.5, 0.6) is 0 Å². The molecule has 0 radical (unpaired) electrons. The number of nitrogens with zero attached hydrogens (tertiary/aromatic N) is 1. The zero-order valence-electron chi connectivity index (χ0n) is 18.9. The third-order valence-corrected chi connectivity index (χ3v) is 7.39. The number of H-pyrrole nitrogens is 1. The minimum Gasteiger partial charge on any atom is -0.454 e. The number of nitrogens with one attached hydrogen (secondary N) is 1. The number of phosphoric acid groups is 1. The quantitative estimate of drug-likeness (QED) is 0.388. The maximum Gasteiger partial charge on any atom is 0.475 e. The Morgan fingerprint density at radius 2 is 2.17 bits per heavy atom. The van der Waals surface area contributed by atoms with E-state index >= 15 is 4.39 Å². The zero-order valence-corrected chi connectivity index (χ0v) is 20.5. The highest BCUT2D eigenvalue weighted by Gasteiger charge is 2.58. The molecule has 0 spiro atoms. The average molecular weight is 549 g/mol. The van der Waals surface area contributed by atoms with Crippen LogP contribution in [0.3, 0.4) is 0 Å². The number of carbonyl (C=O) groups is 1. The summed E-state index contributed by atoms with van der Waals surface area (Å²) in [6, 6.07) is 7.74. The molecule has 1 aromatic carbocycles. The van der Waals surface area contributed by atoms with Crippen molar-refractivity contribution in [3.63, 3.8) is 0 Å². The molecule has 4 rings (SSSR count). The highest BCUT2D eigenvalue weighted by atomic mass is 35.5. The Bertz CT molecular complexity index is 1280. The van der Waals surface area contributed by atoms with Crippen molar-refractivity contribution in [2.75, 3.05) is 19.8 Å². The lowest BCUT2D eigenvalue weighted by Crippen LogP contribution is -2.46. The lowest BCUT2D eigenvalue weighted by molar-refractivity contribution is -0.161. The van der Waals surface area contributed by atoms with Gasteiger partial charge in [-0.1, -0.05) is 23.7 Å².